The summed E-state index contributed by atoms with van der Waals surface area (Å²) < 4.78 is 5.49. The molecule has 2 aliphatic heterocycles. The Labute approximate surface area is 140 Å². The maximum Gasteiger partial charge on any atom is 0.227 e. The molecule has 0 saturated carbocycles. The summed E-state index contributed by atoms with van der Waals surface area (Å²) in [4.78, 5) is 18.4. The fourth-order valence-electron chi connectivity index (χ4n) is 3.03. The van der Waals surface area contributed by atoms with Gasteiger partial charge >= 0.3 is 0 Å². The lowest BCUT2D eigenvalue weighted by Crippen LogP contribution is -2.51. The molecule has 8 heteroatoms. The minimum Gasteiger partial charge on any atom is -0.389 e. The molecular weight excluding hydrogens is 308 g/mol. The molecule has 0 radical (unpaired) electrons. The van der Waals surface area contributed by atoms with E-state index >= 15 is 0 Å². The summed E-state index contributed by atoms with van der Waals surface area (Å²) >= 11 is 0. The Balaban J connectivity index is 1.48. The number of nitrogens with one attached hydrogen (secondary N) is 2. The molecule has 0 aliphatic carbocycles. The first kappa shape index (κ1) is 15.3. The van der Waals surface area contributed by atoms with Gasteiger partial charge in [0, 0.05) is 56.5 Å². The molecule has 24 heavy (non-hydrogen) atoms. The average Bonchev–Trinajstić information content (AvgIpc) is 3.25. The van der Waals surface area contributed by atoms with Crippen molar-refractivity contribution in [3.8, 4) is 0 Å². The Morgan fingerprint density at radius 1 is 1.38 bits per heavy atom. The first-order valence-corrected chi connectivity index (χ1v) is 8.39. The monoisotopic (exact) mass is 330 g/mol. The van der Waals surface area contributed by atoms with Gasteiger partial charge in [0.15, 0.2) is 0 Å². The minimum atomic E-state index is -0.274. The fraction of sp³-hybridized carbons (Fsp3) is 0.562. The molecule has 3 N–H and O–H groups in total. The van der Waals surface area contributed by atoms with E-state index in [0.717, 1.165) is 43.2 Å². The zero-order valence-corrected chi connectivity index (χ0v) is 13.5. The number of aliphatic hydroxyl groups is 1. The van der Waals surface area contributed by atoms with E-state index in [1.165, 1.54) is 0 Å². The number of aromatic nitrogens is 4. The zero-order valence-electron chi connectivity index (χ0n) is 13.5. The van der Waals surface area contributed by atoms with E-state index in [9.17, 15) is 5.11 Å². The molecule has 0 spiro atoms. The van der Waals surface area contributed by atoms with Crippen LogP contribution in [0, 0.1) is 0 Å². The van der Waals surface area contributed by atoms with E-state index in [-0.39, 0.29) is 6.10 Å². The molecule has 0 bridgehead atoms. The van der Waals surface area contributed by atoms with Crippen molar-refractivity contribution in [2.75, 3.05) is 43.1 Å². The maximum absolute atomic E-state index is 9.53. The molecule has 1 atom stereocenters. The smallest absolute Gasteiger partial charge is 0.227 e. The Morgan fingerprint density at radius 2 is 2.29 bits per heavy atom. The number of H-pyrrole nitrogens is 1. The molecule has 2 aromatic heterocycles. The summed E-state index contributed by atoms with van der Waals surface area (Å²) in [7, 11) is 0. The minimum absolute atomic E-state index is 0.274. The van der Waals surface area contributed by atoms with Crippen LogP contribution in [0.15, 0.2) is 18.6 Å². The van der Waals surface area contributed by atoms with Crippen molar-refractivity contribution >= 4 is 11.8 Å². The lowest BCUT2D eigenvalue weighted by atomic mass is 10.0. The van der Waals surface area contributed by atoms with Crippen LogP contribution in [0.3, 0.4) is 0 Å². The third-order valence-electron chi connectivity index (χ3n) is 4.48. The summed E-state index contributed by atoms with van der Waals surface area (Å²) in [6, 6.07) is 2.02. The molecule has 0 amide bonds. The summed E-state index contributed by atoms with van der Waals surface area (Å²) in [5.74, 6) is 1.84. The lowest BCUT2D eigenvalue weighted by molar-refractivity contribution is 0.140. The summed E-state index contributed by atoms with van der Waals surface area (Å²) in [6.45, 7) is 3.46. The van der Waals surface area contributed by atoms with E-state index in [1.807, 2.05) is 17.2 Å². The largest absolute Gasteiger partial charge is 0.389 e. The summed E-state index contributed by atoms with van der Waals surface area (Å²) in [6.07, 6.45) is 5.08. The van der Waals surface area contributed by atoms with Crippen LogP contribution in [0.4, 0.5) is 11.8 Å². The average molecular weight is 330 g/mol. The third kappa shape index (κ3) is 3.34. The van der Waals surface area contributed by atoms with Crippen molar-refractivity contribution in [2.45, 2.75) is 24.9 Å². The van der Waals surface area contributed by atoms with Crippen LogP contribution in [0.5, 0.6) is 0 Å². The van der Waals surface area contributed by atoms with Crippen molar-refractivity contribution in [1.82, 2.24) is 19.9 Å². The Bertz CT molecular complexity index is 665. The van der Waals surface area contributed by atoms with E-state index in [4.69, 9.17) is 9.72 Å². The first-order valence-electron chi connectivity index (χ1n) is 8.39. The highest BCUT2D eigenvalue weighted by Gasteiger charge is 2.28. The second-order valence-corrected chi connectivity index (χ2v) is 6.35. The van der Waals surface area contributed by atoms with Gasteiger partial charge in [-0.25, -0.2) is 9.97 Å². The molecule has 128 valence electrons. The van der Waals surface area contributed by atoms with Crippen LogP contribution in [0.25, 0.3) is 0 Å². The molecule has 4 heterocycles. The number of hydrogen-bond acceptors (Lipinski definition) is 7. The van der Waals surface area contributed by atoms with Crippen molar-refractivity contribution in [3.63, 3.8) is 0 Å². The number of β-amino-alcohol motifs (C(OH)–C–C–N with tert-alkyl or cyclic N) is 1. The van der Waals surface area contributed by atoms with Gasteiger partial charge in [-0.05, 0) is 6.42 Å². The fourth-order valence-corrected chi connectivity index (χ4v) is 3.03. The molecule has 8 nitrogen and oxygen atoms in total. The van der Waals surface area contributed by atoms with Crippen LogP contribution >= 0.6 is 0 Å². The van der Waals surface area contributed by atoms with Gasteiger partial charge in [0.05, 0.1) is 24.7 Å². The van der Waals surface area contributed by atoms with Gasteiger partial charge in [0.2, 0.25) is 5.95 Å². The Kier molecular flexibility index (Phi) is 4.31. The number of ether oxygens (including phenoxy) is 1. The number of aliphatic hydroxyl groups excluding tert-OH is 1. The molecule has 0 aromatic carbocycles. The molecule has 4 rings (SSSR count). The SMILES string of the molecule is OC1CN(c2nc(NCCc3cnc[nH]3)cc(C3CCOC3)n2)C1. The van der Waals surface area contributed by atoms with Gasteiger partial charge in [-0.3, -0.25) is 0 Å². The third-order valence-corrected chi connectivity index (χ3v) is 4.48. The highest BCUT2D eigenvalue weighted by molar-refractivity contribution is 5.46. The van der Waals surface area contributed by atoms with E-state index in [1.54, 1.807) is 6.33 Å². The van der Waals surface area contributed by atoms with Gasteiger partial charge in [-0.15, -0.1) is 0 Å². The topological polar surface area (TPSA) is 99.2 Å². The number of imidazole rings is 1. The molecule has 2 saturated heterocycles. The van der Waals surface area contributed by atoms with Crippen molar-refractivity contribution in [3.05, 3.63) is 30.0 Å². The Hall–Kier alpha value is -2.19. The molecular formula is C16H22N6O2. The summed E-state index contributed by atoms with van der Waals surface area (Å²) in [5, 5.41) is 12.9. The number of anilines is 2. The van der Waals surface area contributed by atoms with Gasteiger partial charge in [0.25, 0.3) is 0 Å². The predicted octanol–water partition coefficient (Wildman–Crippen LogP) is 0.539. The van der Waals surface area contributed by atoms with E-state index in [0.29, 0.717) is 31.6 Å². The zero-order chi connectivity index (χ0) is 16.4. The quantitative estimate of drug-likeness (QED) is 0.711. The molecule has 1 unspecified atom stereocenters. The van der Waals surface area contributed by atoms with Crippen LogP contribution < -0.4 is 10.2 Å². The number of hydrogen-bond donors (Lipinski definition) is 3. The highest BCUT2D eigenvalue weighted by atomic mass is 16.5. The maximum atomic E-state index is 9.53. The van der Waals surface area contributed by atoms with Gasteiger partial charge in [-0.2, -0.15) is 4.98 Å². The standard InChI is InChI=1S/C16H22N6O2/c23-13-7-22(8-13)16-20-14(11-2-4-24-9-11)5-15(21-16)18-3-1-12-6-17-10-19-12/h5-6,10-11,13,23H,1-4,7-9H2,(H,17,19)(H,18,20,21). The van der Waals surface area contributed by atoms with E-state index < -0.39 is 0 Å². The van der Waals surface area contributed by atoms with Crippen molar-refractivity contribution in [2.24, 2.45) is 0 Å². The van der Waals surface area contributed by atoms with Gasteiger partial charge < -0.3 is 25.0 Å². The normalized spacial score (nSPS) is 21.0. The van der Waals surface area contributed by atoms with Crippen LogP contribution in [-0.4, -0.2) is 64.0 Å². The number of aromatic amines is 1. The van der Waals surface area contributed by atoms with Gasteiger partial charge in [-0.1, -0.05) is 0 Å². The highest BCUT2D eigenvalue weighted by Crippen LogP contribution is 2.28. The lowest BCUT2D eigenvalue weighted by Gasteiger charge is -2.36. The Morgan fingerprint density at radius 3 is 3.00 bits per heavy atom. The van der Waals surface area contributed by atoms with E-state index in [2.05, 4.69) is 20.3 Å². The van der Waals surface area contributed by atoms with Crippen LogP contribution in [0.1, 0.15) is 23.7 Å². The summed E-state index contributed by atoms with van der Waals surface area (Å²) in [5.41, 5.74) is 2.11. The second kappa shape index (κ2) is 6.74. The first-order chi connectivity index (χ1) is 11.8. The predicted molar refractivity (Wildman–Crippen MR) is 89.2 cm³/mol. The number of rotatable bonds is 6. The second-order valence-electron chi connectivity index (χ2n) is 6.35. The van der Waals surface area contributed by atoms with Crippen LogP contribution in [0.2, 0.25) is 0 Å². The molecule has 2 aliphatic rings. The van der Waals surface area contributed by atoms with Gasteiger partial charge in [0.1, 0.15) is 5.82 Å². The molecule has 2 fully saturated rings. The van der Waals surface area contributed by atoms with Crippen LogP contribution in [-0.2, 0) is 11.2 Å². The van der Waals surface area contributed by atoms with Crippen molar-refractivity contribution < 1.29 is 9.84 Å². The number of nitrogens with zero attached hydrogens (tertiary/aromatic N) is 4. The molecule has 2 aromatic rings. The van der Waals surface area contributed by atoms with Crippen molar-refractivity contribution in [1.29, 1.82) is 0 Å².